The summed E-state index contributed by atoms with van der Waals surface area (Å²) in [6.07, 6.45) is 2.94. The van der Waals surface area contributed by atoms with Gasteiger partial charge < -0.3 is 10.8 Å². The van der Waals surface area contributed by atoms with Gasteiger partial charge in [0.15, 0.2) is 0 Å². The fourth-order valence-electron chi connectivity index (χ4n) is 1.99. The molecular formula is C12H16BrCl2NO. The van der Waals surface area contributed by atoms with Gasteiger partial charge in [0.2, 0.25) is 0 Å². The molecule has 1 saturated carbocycles. The Morgan fingerprint density at radius 2 is 2.06 bits per heavy atom. The van der Waals surface area contributed by atoms with Gasteiger partial charge in [-0.25, -0.2) is 0 Å². The Morgan fingerprint density at radius 1 is 1.41 bits per heavy atom. The lowest BCUT2D eigenvalue weighted by Crippen LogP contribution is -2.36. The Bertz CT molecular complexity index is 385. The van der Waals surface area contributed by atoms with Gasteiger partial charge >= 0.3 is 0 Å². The molecule has 2 atom stereocenters. The first-order valence-electron chi connectivity index (χ1n) is 5.48. The Kier molecular flexibility index (Phi) is 5.74. The van der Waals surface area contributed by atoms with Gasteiger partial charge in [-0.05, 0) is 52.4 Å². The van der Waals surface area contributed by atoms with Gasteiger partial charge in [-0.2, -0.15) is 0 Å². The van der Waals surface area contributed by atoms with E-state index in [1.54, 1.807) is 6.07 Å². The summed E-state index contributed by atoms with van der Waals surface area (Å²) in [5.74, 6) is 0.365. The van der Waals surface area contributed by atoms with E-state index in [9.17, 15) is 5.11 Å². The van der Waals surface area contributed by atoms with Crippen LogP contribution in [0.15, 0.2) is 22.7 Å². The predicted molar refractivity (Wildman–Crippen MR) is 76.7 cm³/mol. The van der Waals surface area contributed by atoms with Crippen molar-refractivity contribution < 1.29 is 5.11 Å². The van der Waals surface area contributed by atoms with Gasteiger partial charge in [0, 0.05) is 4.47 Å². The fourth-order valence-corrected chi connectivity index (χ4v) is 2.51. The van der Waals surface area contributed by atoms with Crippen LogP contribution < -0.4 is 5.73 Å². The predicted octanol–water partition coefficient (Wildman–Crippen LogP) is 3.69. The molecule has 1 aromatic rings. The smallest absolute Gasteiger partial charge is 0.0760 e. The van der Waals surface area contributed by atoms with Gasteiger partial charge in [-0.1, -0.05) is 24.1 Å². The van der Waals surface area contributed by atoms with Crippen LogP contribution in [0, 0.1) is 5.92 Å². The summed E-state index contributed by atoms with van der Waals surface area (Å²) in [5, 5.41) is 10.7. The number of hydrogen-bond acceptors (Lipinski definition) is 2. The first kappa shape index (κ1) is 15.3. The lowest BCUT2D eigenvalue weighted by atomic mass is 9.77. The molecule has 0 aliphatic heterocycles. The number of benzene rings is 1. The Morgan fingerprint density at radius 3 is 2.53 bits per heavy atom. The van der Waals surface area contributed by atoms with Crippen LogP contribution in [-0.2, 0) is 0 Å². The van der Waals surface area contributed by atoms with E-state index in [4.69, 9.17) is 17.3 Å². The summed E-state index contributed by atoms with van der Waals surface area (Å²) < 4.78 is 0.822. The van der Waals surface area contributed by atoms with Crippen LogP contribution >= 0.6 is 39.9 Å². The third-order valence-electron chi connectivity index (χ3n) is 3.33. The Labute approximate surface area is 121 Å². The van der Waals surface area contributed by atoms with Crippen LogP contribution in [0.4, 0.5) is 0 Å². The monoisotopic (exact) mass is 339 g/mol. The summed E-state index contributed by atoms with van der Waals surface area (Å²) in [4.78, 5) is 0. The van der Waals surface area contributed by atoms with Crippen molar-refractivity contribution in [2.45, 2.75) is 31.4 Å². The van der Waals surface area contributed by atoms with Gasteiger partial charge in [0.25, 0.3) is 0 Å². The molecule has 5 heteroatoms. The molecule has 17 heavy (non-hydrogen) atoms. The van der Waals surface area contributed by atoms with Crippen LogP contribution in [-0.4, -0.2) is 11.2 Å². The first-order valence-corrected chi connectivity index (χ1v) is 6.65. The number of hydrogen-bond donors (Lipinski definition) is 2. The normalized spacial score (nSPS) is 19.1. The van der Waals surface area contributed by atoms with E-state index < -0.39 is 6.10 Å². The van der Waals surface area contributed by atoms with Crippen molar-refractivity contribution in [3.8, 4) is 0 Å². The largest absolute Gasteiger partial charge is 0.391 e. The van der Waals surface area contributed by atoms with Gasteiger partial charge in [0.05, 0.1) is 17.2 Å². The molecule has 0 amide bonds. The Hall–Kier alpha value is 0.200. The van der Waals surface area contributed by atoms with E-state index in [1.165, 1.54) is 6.42 Å². The maximum Gasteiger partial charge on any atom is 0.0760 e. The van der Waals surface area contributed by atoms with Crippen molar-refractivity contribution >= 4 is 39.9 Å². The van der Waals surface area contributed by atoms with E-state index in [-0.39, 0.29) is 18.4 Å². The van der Waals surface area contributed by atoms with Crippen LogP contribution in [0.1, 0.15) is 30.9 Å². The van der Waals surface area contributed by atoms with Crippen molar-refractivity contribution in [3.05, 3.63) is 33.3 Å². The molecule has 0 saturated heterocycles. The van der Waals surface area contributed by atoms with Crippen LogP contribution in [0.5, 0.6) is 0 Å². The van der Waals surface area contributed by atoms with E-state index in [2.05, 4.69) is 15.9 Å². The van der Waals surface area contributed by atoms with Gasteiger partial charge in [-0.15, -0.1) is 12.4 Å². The Balaban J connectivity index is 0.00000144. The summed E-state index contributed by atoms with van der Waals surface area (Å²) >= 11 is 9.28. The summed E-state index contributed by atoms with van der Waals surface area (Å²) in [7, 11) is 0. The molecule has 0 unspecified atom stereocenters. The second-order valence-electron chi connectivity index (χ2n) is 4.38. The molecule has 0 radical (unpaired) electrons. The first-order chi connectivity index (χ1) is 7.59. The minimum atomic E-state index is -0.443. The van der Waals surface area contributed by atoms with Crippen molar-refractivity contribution in [1.82, 2.24) is 0 Å². The lowest BCUT2D eigenvalue weighted by Gasteiger charge is -2.33. The molecule has 0 heterocycles. The second-order valence-corrected chi connectivity index (χ2v) is 5.64. The van der Waals surface area contributed by atoms with Gasteiger partial charge in [-0.3, -0.25) is 0 Å². The molecule has 2 rings (SSSR count). The van der Waals surface area contributed by atoms with Crippen LogP contribution in [0.3, 0.4) is 0 Å². The molecule has 1 aliphatic carbocycles. The molecule has 1 aromatic carbocycles. The summed E-state index contributed by atoms with van der Waals surface area (Å²) in [6.45, 7) is 0. The average molecular weight is 341 g/mol. The zero-order valence-corrected chi connectivity index (χ0v) is 12.4. The summed E-state index contributed by atoms with van der Waals surface area (Å²) in [6, 6.07) is 5.24. The highest BCUT2D eigenvalue weighted by Crippen LogP contribution is 2.35. The summed E-state index contributed by atoms with van der Waals surface area (Å²) in [5.41, 5.74) is 6.98. The highest BCUT2D eigenvalue weighted by molar-refractivity contribution is 9.10. The molecule has 3 N–H and O–H groups in total. The minimum absolute atomic E-state index is 0. The average Bonchev–Trinajstić information content (AvgIpc) is 2.18. The van der Waals surface area contributed by atoms with Crippen molar-refractivity contribution in [2.75, 3.05) is 0 Å². The molecule has 2 nitrogen and oxygen atoms in total. The maximum atomic E-state index is 10.1. The van der Waals surface area contributed by atoms with E-state index >= 15 is 0 Å². The number of aliphatic hydroxyl groups excluding tert-OH is 1. The number of halogens is 3. The number of nitrogens with two attached hydrogens (primary N) is 1. The third kappa shape index (κ3) is 3.36. The highest BCUT2D eigenvalue weighted by Gasteiger charge is 2.30. The van der Waals surface area contributed by atoms with Gasteiger partial charge in [0.1, 0.15) is 0 Å². The van der Waals surface area contributed by atoms with E-state index in [0.29, 0.717) is 10.9 Å². The maximum absolute atomic E-state index is 10.1. The molecule has 0 bridgehead atoms. The van der Waals surface area contributed by atoms with Crippen molar-refractivity contribution in [1.29, 1.82) is 0 Å². The van der Waals surface area contributed by atoms with E-state index in [1.807, 2.05) is 12.1 Å². The van der Waals surface area contributed by atoms with Crippen molar-refractivity contribution in [2.24, 2.45) is 11.7 Å². The lowest BCUT2D eigenvalue weighted by molar-refractivity contribution is 0.0413. The third-order valence-corrected chi connectivity index (χ3v) is 4.54. The number of aliphatic hydroxyl groups is 1. The second kappa shape index (κ2) is 6.39. The molecule has 0 aromatic heterocycles. The zero-order chi connectivity index (χ0) is 11.7. The molecule has 0 spiro atoms. The van der Waals surface area contributed by atoms with Crippen LogP contribution in [0.25, 0.3) is 0 Å². The fraction of sp³-hybridized carbons (Fsp3) is 0.500. The zero-order valence-electron chi connectivity index (χ0n) is 9.27. The molecular weight excluding hydrogens is 325 g/mol. The standard InChI is InChI=1S/C12H15BrClNO.ClH/c13-9-6-8(4-5-10(9)14)11(15)12(16)7-2-1-3-7;/h4-7,11-12,16H,1-3,15H2;1H/t11-,12+;/m0./s1. The quantitative estimate of drug-likeness (QED) is 0.881. The highest BCUT2D eigenvalue weighted by atomic mass is 79.9. The van der Waals surface area contributed by atoms with Crippen LogP contribution in [0.2, 0.25) is 5.02 Å². The van der Waals surface area contributed by atoms with Crippen molar-refractivity contribution in [3.63, 3.8) is 0 Å². The molecule has 1 fully saturated rings. The number of rotatable bonds is 3. The minimum Gasteiger partial charge on any atom is -0.391 e. The topological polar surface area (TPSA) is 46.2 Å². The van der Waals surface area contributed by atoms with E-state index in [0.717, 1.165) is 22.9 Å². The SMILES string of the molecule is Cl.N[C@@H](c1ccc(Cl)c(Br)c1)[C@H](O)C1CCC1. The molecule has 1 aliphatic rings. The molecule has 96 valence electrons.